The lowest BCUT2D eigenvalue weighted by atomic mass is 9.91. The number of benzene rings is 3. The topological polar surface area (TPSA) is 70.2 Å². The highest BCUT2D eigenvalue weighted by Crippen LogP contribution is 2.38. The second kappa shape index (κ2) is 13.3. The van der Waals surface area contributed by atoms with Crippen molar-refractivity contribution in [2.45, 2.75) is 12.6 Å². The minimum absolute atomic E-state index is 0.0829. The minimum Gasteiger partial charge on any atom is -0.492 e. The lowest BCUT2D eigenvalue weighted by molar-refractivity contribution is -0.124. The molecule has 0 unspecified atom stereocenters. The van der Waals surface area contributed by atoms with Gasteiger partial charge in [0.1, 0.15) is 12.4 Å². The summed E-state index contributed by atoms with van der Waals surface area (Å²) in [5.41, 5.74) is 2.63. The number of ether oxygens (including phenoxy) is 1. The van der Waals surface area contributed by atoms with E-state index in [-0.39, 0.29) is 16.9 Å². The Morgan fingerprint density at radius 2 is 1.83 bits per heavy atom. The molecular formula is C31H30F4N4O2. The van der Waals surface area contributed by atoms with E-state index in [9.17, 15) is 22.4 Å². The molecule has 3 aromatic carbocycles. The normalized spacial score (nSPS) is 12.3. The second-order valence-corrected chi connectivity index (χ2v) is 9.53. The fourth-order valence-corrected chi connectivity index (χ4v) is 4.20. The molecule has 41 heavy (non-hydrogen) atoms. The maximum absolute atomic E-state index is 14.1. The van der Waals surface area contributed by atoms with Crippen LogP contribution in [0.1, 0.15) is 17.5 Å². The first-order valence-corrected chi connectivity index (χ1v) is 12.9. The van der Waals surface area contributed by atoms with Crippen LogP contribution in [0.5, 0.6) is 5.75 Å². The van der Waals surface area contributed by atoms with Gasteiger partial charge in [0.15, 0.2) is 0 Å². The van der Waals surface area contributed by atoms with E-state index in [1.54, 1.807) is 86.9 Å². The van der Waals surface area contributed by atoms with Gasteiger partial charge in [0.25, 0.3) is 0 Å². The standard InChI is InChI=1S/C31H30F4N4O2/c1-39(2)29(40)8-5-15-36-16-17-41-24-12-9-21(10-13-24)18-23(20-31(33,34)35)26-7-4-3-6-25(26)22-11-14-28-27(19-22)30(32)38-37-28/h3-14,18-19,36H,15-17,20H2,1-2H3,(H,37,38)/b8-5+,23-18+. The van der Waals surface area contributed by atoms with Crippen molar-refractivity contribution in [1.82, 2.24) is 20.4 Å². The molecule has 1 amide bonds. The molecule has 4 rings (SSSR count). The highest BCUT2D eigenvalue weighted by atomic mass is 19.4. The van der Waals surface area contributed by atoms with Gasteiger partial charge in [0.2, 0.25) is 11.9 Å². The molecule has 0 aliphatic heterocycles. The van der Waals surface area contributed by atoms with Gasteiger partial charge in [-0.3, -0.25) is 9.89 Å². The fraction of sp³-hybridized carbons (Fsp3) is 0.226. The van der Waals surface area contributed by atoms with Gasteiger partial charge in [-0.05, 0) is 52.1 Å². The van der Waals surface area contributed by atoms with E-state index >= 15 is 0 Å². The monoisotopic (exact) mass is 566 g/mol. The number of nitrogens with one attached hydrogen (secondary N) is 2. The predicted octanol–water partition coefficient (Wildman–Crippen LogP) is 6.47. The van der Waals surface area contributed by atoms with Gasteiger partial charge in [-0.25, -0.2) is 0 Å². The zero-order valence-electron chi connectivity index (χ0n) is 22.6. The smallest absolute Gasteiger partial charge is 0.393 e. The number of rotatable bonds is 11. The third-order valence-corrected chi connectivity index (χ3v) is 6.21. The van der Waals surface area contributed by atoms with Crippen molar-refractivity contribution < 1.29 is 27.1 Å². The molecule has 4 aromatic rings. The van der Waals surface area contributed by atoms with Crippen molar-refractivity contribution in [3.05, 3.63) is 96.0 Å². The summed E-state index contributed by atoms with van der Waals surface area (Å²) in [5.74, 6) is -0.113. The average molecular weight is 567 g/mol. The van der Waals surface area contributed by atoms with Crippen molar-refractivity contribution >= 4 is 28.5 Å². The average Bonchev–Trinajstić information content (AvgIpc) is 3.32. The number of aromatic amines is 1. The summed E-state index contributed by atoms with van der Waals surface area (Å²) in [7, 11) is 3.36. The van der Waals surface area contributed by atoms with Crippen LogP contribution < -0.4 is 10.1 Å². The molecule has 0 saturated heterocycles. The third-order valence-electron chi connectivity index (χ3n) is 6.21. The van der Waals surface area contributed by atoms with Gasteiger partial charge in [-0.2, -0.15) is 22.7 Å². The van der Waals surface area contributed by atoms with Crippen LogP contribution in [0.3, 0.4) is 0 Å². The first-order valence-electron chi connectivity index (χ1n) is 12.9. The quantitative estimate of drug-likeness (QED) is 0.0945. The summed E-state index contributed by atoms with van der Waals surface area (Å²) in [4.78, 5) is 13.0. The molecule has 0 aliphatic carbocycles. The molecule has 0 spiro atoms. The Morgan fingerprint density at radius 1 is 1.07 bits per heavy atom. The molecule has 1 aromatic heterocycles. The van der Waals surface area contributed by atoms with Gasteiger partial charge >= 0.3 is 6.18 Å². The molecular weight excluding hydrogens is 536 g/mol. The molecule has 0 bridgehead atoms. The largest absolute Gasteiger partial charge is 0.492 e. The van der Waals surface area contributed by atoms with Gasteiger partial charge in [-0.15, -0.1) is 0 Å². The van der Waals surface area contributed by atoms with Crippen molar-refractivity contribution in [2.75, 3.05) is 33.8 Å². The van der Waals surface area contributed by atoms with Crippen LogP contribution in [0.15, 0.2) is 78.9 Å². The van der Waals surface area contributed by atoms with Crippen molar-refractivity contribution in [3.8, 4) is 16.9 Å². The van der Waals surface area contributed by atoms with Crippen molar-refractivity contribution in [3.63, 3.8) is 0 Å². The zero-order valence-corrected chi connectivity index (χ0v) is 22.6. The number of nitrogens with zero attached hydrogens (tertiary/aromatic N) is 2. The Kier molecular flexibility index (Phi) is 9.57. The van der Waals surface area contributed by atoms with Crippen LogP contribution in [-0.2, 0) is 4.79 Å². The number of aromatic nitrogens is 2. The van der Waals surface area contributed by atoms with Crippen molar-refractivity contribution in [1.29, 1.82) is 0 Å². The number of carbonyl (C=O) groups excluding carboxylic acids is 1. The van der Waals surface area contributed by atoms with E-state index in [0.717, 1.165) is 0 Å². The number of amides is 1. The van der Waals surface area contributed by atoms with Crippen LogP contribution >= 0.6 is 0 Å². The maximum atomic E-state index is 14.1. The Labute approximate surface area is 235 Å². The van der Waals surface area contributed by atoms with Crippen LogP contribution in [-0.4, -0.2) is 61.0 Å². The lowest BCUT2D eigenvalue weighted by Crippen LogP contribution is -2.22. The lowest BCUT2D eigenvalue weighted by Gasteiger charge is -2.16. The number of carbonyl (C=O) groups is 1. The Hall–Kier alpha value is -4.44. The summed E-state index contributed by atoms with van der Waals surface area (Å²) in [6.45, 7) is 1.43. The van der Waals surface area contributed by atoms with Crippen LogP contribution in [0, 0.1) is 5.95 Å². The number of hydrogen-bond acceptors (Lipinski definition) is 4. The number of hydrogen-bond donors (Lipinski definition) is 2. The zero-order chi connectivity index (χ0) is 29.4. The summed E-state index contributed by atoms with van der Waals surface area (Å²) < 4.78 is 60.9. The van der Waals surface area contributed by atoms with E-state index in [1.165, 1.54) is 17.1 Å². The number of halogens is 4. The molecule has 1 heterocycles. The Bertz CT molecular complexity index is 1540. The number of H-pyrrole nitrogens is 1. The van der Waals surface area contributed by atoms with E-state index < -0.39 is 18.5 Å². The highest BCUT2D eigenvalue weighted by Gasteiger charge is 2.30. The molecule has 10 heteroatoms. The second-order valence-electron chi connectivity index (χ2n) is 9.53. The summed E-state index contributed by atoms with van der Waals surface area (Å²) in [5, 5.41) is 9.56. The summed E-state index contributed by atoms with van der Waals surface area (Å²) in [6.07, 6.45) is -0.844. The molecule has 0 fully saturated rings. The number of allylic oxidation sites excluding steroid dienone is 1. The van der Waals surface area contributed by atoms with E-state index in [1.807, 2.05) is 0 Å². The van der Waals surface area contributed by atoms with Gasteiger partial charge in [0.05, 0.1) is 17.3 Å². The summed E-state index contributed by atoms with van der Waals surface area (Å²) >= 11 is 0. The number of alkyl halides is 3. The van der Waals surface area contributed by atoms with Crippen LogP contribution in [0.4, 0.5) is 17.6 Å². The maximum Gasteiger partial charge on any atom is 0.393 e. The molecule has 214 valence electrons. The first-order chi connectivity index (χ1) is 19.6. The molecule has 0 saturated carbocycles. The third kappa shape index (κ3) is 8.28. The van der Waals surface area contributed by atoms with E-state index in [4.69, 9.17) is 4.74 Å². The van der Waals surface area contributed by atoms with E-state index in [0.29, 0.717) is 53.2 Å². The SMILES string of the molecule is CN(C)C(=O)/C=C/CNCCOc1ccc(/C=C(\CC(F)(F)F)c2ccccc2-c2ccc3n[nH]c(F)c3c2)cc1. The molecule has 0 atom stereocenters. The molecule has 0 radical (unpaired) electrons. The Morgan fingerprint density at radius 3 is 2.56 bits per heavy atom. The first kappa shape index (κ1) is 29.5. The minimum atomic E-state index is -4.44. The van der Waals surface area contributed by atoms with Gasteiger partial charge in [-0.1, -0.05) is 54.6 Å². The number of fused-ring (bicyclic) bond motifs is 1. The summed E-state index contributed by atoms with van der Waals surface area (Å²) in [6, 6.07) is 18.5. The van der Waals surface area contributed by atoms with Gasteiger partial charge in [0, 0.05) is 33.3 Å². The van der Waals surface area contributed by atoms with Gasteiger partial charge < -0.3 is 15.0 Å². The Balaban J connectivity index is 1.49. The number of likely N-dealkylation sites (N-methyl/N-ethyl adjacent to an activating group) is 1. The van der Waals surface area contributed by atoms with Crippen LogP contribution in [0.25, 0.3) is 33.7 Å². The molecule has 0 aliphatic rings. The van der Waals surface area contributed by atoms with Crippen LogP contribution in [0.2, 0.25) is 0 Å². The highest BCUT2D eigenvalue weighted by molar-refractivity contribution is 5.92. The molecule has 6 nitrogen and oxygen atoms in total. The predicted molar refractivity (Wildman–Crippen MR) is 153 cm³/mol. The van der Waals surface area contributed by atoms with E-state index in [2.05, 4.69) is 15.5 Å². The van der Waals surface area contributed by atoms with Crippen molar-refractivity contribution in [2.24, 2.45) is 0 Å². The molecule has 2 N–H and O–H groups in total. The fourth-order valence-electron chi connectivity index (χ4n) is 4.20.